The Balaban J connectivity index is 1.83. The highest BCUT2D eigenvalue weighted by molar-refractivity contribution is 7.15. The molecule has 0 bridgehead atoms. The maximum absolute atomic E-state index is 13.9. The molecular weight excluding hydrogens is 463 g/mol. The predicted molar refractivity (Wildman–Crippen MR) is 124 cm³/mol. The van der Waals surface area contributed by atoms with Gasteiger partial charge in [0.25, 0.3) is 5.91 Å². The van der Waals surface area contributed by atoms with E-state index in [1.165, 1.54) is 18.2 Å². The largest absolute Gasteiger partial charge is 0.490 e. The van der Waals surface area contributed by atoms with Gasteiger partial charge in [0.2, 0.25) is 5.91 Å². The number of carboxylic acid groups (broad SMARTS) is 1. The molecule has 1 aliphatic rings. The average Bonchev–Trinajstić information content (AvgIpc) is 3.17. The second kappa shape index (κ2) is 9.52. The number of carbonyl (C=O) groups excluding carboxylic acids is 2. The summed E-state index contributed by atoms with van der Waals surface area (Å²) in [6, 6.07) is 10.6. The third-order valence-corrected chi connectivity index (χ3v) is 6.54. The molecule has 2 amide bonds. The van der Waals surface area contributed by atoms with Gasteiger partial charge in [-0.05, 0) is 42.3 Å². The molecule has 176 valence electrons. The number of nitrogens with one attached hydrogen (secondary N) is 1. The average molecular weight is 485 g/mol. The third-order valence-electron chi connectivity index (χ3n) is 5.25. The molecule has 3 aromatic rings. The van der Waals surface area contributed by atoms with Crippen molar-refractivity contribution in [2.24, 2.45) is 5.73 Å². The minimum absolute atomic E-state index is 0.00856. The summed E-state index contributed by atoms with van der Waals surface area (Å²) in [5.41, 5.74) is 6.86. The molecule has 0 saturated heterocycles. The van der Waals surface area contributed by atoms with Crippen molar-refractivity contribution in [2.45, 2.75) is 19.3 Å². The molecule has 0 aliphatic carbocycles. The first-order valence-electron chi connectivity index (χ1n) is 10.4. The first-order chi connectivity index (χ1) is 16.3. The van der Waals surface area contributed by atoms with Crippen molar-refractivity contribution in [1.29, 1.82) is 0 Å². The Hall–Kier alpha value is -3.92. The second-order valence-electron chi connectivity index (χ2n) is 7.56. The van der Waals surface area contributed by atoms with Crippen LogP contribution in [0.5, 0.6) is 11.5 Å². The highest BCUT2D eigenvalue weighted by Crippen LogP contribution is 2.50. The number of hydrogen-bond acceptors (Lipinski definition) is 6. The first kappa shape index (κ1) is 23.2. The van der Waals surface area contributed by atoms with Crippen molar-refractivity contribution in [2.75, 3.05) is 18.5 Å². The SMILES string of the molecule is CCOc1cc([C@H]2CC(=O)Nc3c2sc(C(=O)O)c3-c2cccc(F)c2)ccc1OCC(N)=O. The highest BCUT2D eigenvalue weighted by Gasteiger charge is 2.35. The van der Waals surface area contributed by atoms with Gasteiger partial charge in [-0.2, -0.15) is 0 Å². The molecule has 1 aromatic heterocycles. The minimum atomic E-state index is -1.17. The number of benzene rings is 2. The summed E-state index contributed by atoms with van der Waals surface area (Å²) in [7, 11) is 0. The van der Waals surface area contributed by atoms with E-state index in [1.54, 1.807) is 31.2 Å². The van der Waals surface area contributed by atoms with Gasteiger partial charge in [0, 0.05) is 22.8 Å². The van der Waals surface area contributed by atoms with Gasteiger partial charge in [-0.15, -0.1) is 11.3 Å². The summed E-state index contributed by atoms with van der Waals surface area (Å²) >= 11 is 1.04. The zero-order chi connectivity index (χ0) is 24.4. The van der Waals surface area contributed by atoms with E-state index in [-0.39, 0.29) is 29.4 Å². The number of amides is 2. The first-order valence-corrected chi connectivity index (χ1v) is 11.2. The molecule has 2 aromatic carbocycles. The number of primary amides is 1. The van der Waals surface area contributed by atoms with E-state index in [1.807, 2.05) is 0 Å². The summed E-state index contributed by atoms with van der Waals surface area (Å²) < 4.78 is 25.0. The van der Waals surface area contributed by atoms with Crippen LogP contribution < -0.4 is 20.5 Å². The third kappa shape index (κ3) is 4.58. The van der Waals surface area contributed by atoms with Crippen LogP contribution in [-0.2, 0) is 9.59 Å². The maximum Gasteiger partial charge on any atom is 0.346 e. The maximum atomic E-state index is 13.9. The van der Waals surface area contributed by atoms with E-state index in [9.17, 15) is 23.9 Å². The normalized spacial score (nSPS) is 14.8. The van der Waals surface area contributed by atoms with E-state index in [4.69, 9.17) is 15.2 Å². The van der Waals surface area contributed by atoms with E-state index in [2.05, 4.69) is 5.32 Å². The van der Waals surface area contributed by atoms with Crippen LogP contribution in [-0.4, -0.2) is 36.1 Å². The van der Waals surface area contributed by atoms with E-state index >= 15 is 0 Å². The van der Waals surface area contributed by atoms with Crippen LogP contribution in [0.3, 0.4) is 0 Å². The van der Waals surface area contributed by atoms with Crippen molar-refractivity contribution in [3.05, 3.63) is 63.6 Å². The number of hydrogen-bond donors (Lipinski definition) is 3. The van der Waals surface area contributed by atoms with Crippen LogP contribution in [0.2, 0.25) is 0 Å². The second-order valence-corrected chi connectivity index (χ2v) is 8.61. The van der Waals surface area contributed by atoms with Crippen LogP contribution in [0.4, 0.5) is 10.1 Å². The highest BCUT2D eigenvalue weighted by atomic mass is 32.1. The number of aromatic carboxylic acids is 1. The Morgan fingerprint density at radius 2 is 2.00 bits per heavy atom. The molecule has 0 fully saturated rings. The fourth-order valence-electron chi connectivity index (χ4n) is 3.90. The van der Waals surface area contributed by atoms with Crippen molar-refractivity contribution < 1.29 is 33.4 Å². The van der Waals surface area contributed by atoms with Crippen LogP contribution in [0.15, 0.2) is 42.5 Å². The fraction of sp³-hybridized carbons (Fsp3) is 0.208. The Morgan fingerprint density at radius 3 is 2.68 bits per heavy atom. The zero-order valence-electron chi connectivity index (χ0n) is 18.1. The lowest BCUT2D eigenvalue weighted by Crippen LogP contribution is -2.22. The molecule has 2 heterocycles. The molecule has 1 atom stereocenters. The molecule has 10 heteroatoms. The Bertz CT molecular complexity index is 1290. The minimum Gasteiger partial charge on any atom is -0.490 e. The lowest BCUT2D eigenvalue weighted by atomic mass is 9.88. The van der Waals surface area contributed by atoms with Gasteiger partial charge in [0.05, 0.1) is 12.3 Å². The molecule has 0 unspecified atom stereocenters. The van der Waals surface area contributed by atoms with Crippen molar-refractivity contribution in [1.82, 2.24) is 0 Å². The van der Waals surface area contributed by atoms with Crippen molar-refractivity contribution >= 4 is 34.8 Å². The topological polar surface area (TPSA) is 128 Å². The summed E-state index contributed by atoms with van der Waals surface area (Å²) in [6.07, 6.45) is 0.0855. The van der Waals surface area contributed by atoms with Crippen molar-refractivity contribution in [3.63, 3.8) is 0 Å². The summed E-state index contributed by atoms with van der Waals surface area (Å²) in [6.45, 7) is 1.80. The molecule has 34 heavy (non-hydrogen) atoms. The van der Waals surface area contributed by atoms with Gasteiger partial charge in [-0.25, -0.2) is 9.18 Å². The standard InChI is InChI=1S/C24H21FN2O6S/c1-2-32-17-9-12(6-7-16(17)33-11-18(26)28)15-10-19(29)27-21-20(13-4-3-5-14(25)8-13)23(24(30)31)34-22(15)21/h3-9,15H,2,10-11H2,1H3,(H2,26,28)(H,27,29)(H,30,31)/t15-/m1/s1. The van der Waals surface area contributed by atoms with Gasteiger partial charge < -0.3 is 25.6 Å². The quantitative estimate of drug-likeness (QED) is 0.444. The van der Waals surface area contributed by atoms with Gasteiger partial charge in [-0.1, -0.05) is 18.2 Å². The van der Waals surface area contributed by atoms with Crippen LogP contribution >= 0.6 is 11.3 Å². The zero-order valence-corrected chi connectivity index (χ0v) is 18.9. The molecular formula is C24H21FN2O6S. The van der Waals surface area contributed by atoms with E-state index in [0.717, 1.165) is 11.3 Å². The lowest BCUT2D eigenvalue weighted by Gasteiger charge is -2.24. The molecule has 4 rings (SSSR count). The Labute approximate surface area is 198 Å². The van der Waals surface area contributed by atoms with Crippen LogP contribution in [0, 0.1) is 5.82 Å². The number of halogens is 1. The van der Waals surface area contributed by atoms with Gasteiger partial charge in [0.15, 0.2) is 18.1 Å². The Morgan fingerprint density at radius 1 is 1.21 bits per heavy atom. The van der Waals surface area contributed by atoms with Crippen LogP contribution in [0.1, 0.15) is 39.4 Å². The number of fused-ring (bicyclic) bond motifs is 1. The number of thiophene rings is 1. The molecule has 0 saturated carbocycles. The number of ether oxygens (including phenoxy) is 2. The lowest BCUT2D eigenvalue weighted by molar-refractivity contribution is -0.120. The Kier molecular flexibility index (Phi) is 6.51. The van der Waals surface area contributed by atoms with Gasteiger partial charge >= 0.3 is 5.97 Å². The molecule has 8 nitrogen and oxygen atoms in total. The molecule has 4 N–H and O–H groups in total. The fourth-order valence-corrected chi connectivity index (χ4v) is 5.15. The van der Waals surface area contributed by atoms with Gasteiger partial charge in [0.1, 0.15) is 10.7 Å². The molecule has 0 radical (unpaired) electrons. The van der Waals surface area contributed by atoms with Crippen LogP contribution in [0.25, 0.3) is 11.1 Å². The van der Waals surface area contributed by atoms with E-state index in [0.29, 0.717) is 39.8 Å². The number of rotatable bonds is 8. The smallest absolute Gasteiger partial charge is 0.346 e. The molecule has 0 spiro atoms. The summed E-state index contributed by atoms with van der Waals surface area (Å²) in [5.74, 6) is -2.38. The number of anilines is 1. The molecule has 1 aliphatic heterocycles. The number of carbonyl (C=O) groups is 3. The predicted octanol–water partition coefficient (Wildman–Crippen LogP) is 3.99. The number of nitrogens with two attached hydrogens (primary N) is 1. The monoisotopic (exact) mass is 484 g/mol. The van der Waals surface area contributed by atoms with Crippen molar-refractivity contribution in [3.8, 4) is 22.6 Å². The summed E-state index contributed by atoms with van der Waals surface area (Å²) in [4.78, 5) is 36.5. The van der Waals surface area contributed by atoms with Gasteiger partial charge in [-0.3, -0.25) is 9.59 Å². The van der Waals surface area contributed by atoms with E-state index < -0.39 is 23.6 Å². The number of carboxylic acids is 1. The summed E-state index contributed by atoms with van der Waals surface area (Å²) in [5, 5.41) is 12.6.